The van der Waals surface area contributed by atoms with Gasteiger partial charge in [0.15, 0.2) is 0 Å². The summed E-state index contributed by atoms with van der Waals surface area (Å²) in [4.78, 5) is 17.8. The van der Waals surface area contributed by atoms with Crippen LogP contribution in [-0.2, 0) is 10.5 Å². The van der Waals surface area contributed by atoms with Crippen molar-refractivity contribution in [2.24, 2.45) is 0 Å². The minimum absolute atomic E-state index is 0.0403. The molecule has 0 aliphatic carbocycles. The Morgan fingerprint density at radius 3 is 2.61 bits per heavy atom. The van der Waals surface area contributed by atoms with Crippen molar-refractivity contribution in [2.75, 3.05) is 32.8 Å². The molecule has 1 unspecified atom stereocenters. The zero-order chi connectivity index (χ0) is 21.5. The summed E-state index contributed by atoms with van der Waals surface area (Å²) in [5, 5.41) is 5.97. The van der Waals surface area contributed by atoms with Gasteiger partial charge in [0.25, 0.3) is 5.91 Å². The standard InChI is InChI=1S/C24H25ClN2O2S2/c25-19-9-7-18(8-10-19)22(27-11-13-29-14-12-27)16-26-24(28)21-5-1-2-6-23(21)31-17-20-4-3-15-30-20/h1-10,15,22H,11-14,16-17H2,(H,26,28). The van der Waals surface area contributed by atoms with Crippen molar-refractivity contribution >= 4 is 40.6 Å². The molecule has 3 aromatic rings. The molecule has 0 saturated carbocycles. The Bertz CT molecular complexity index is 974. The van der Waals surface area contributed by atoms with E-state index < -0.39 is 0 Å². The van der Waals surface area contributed by atoms with Gasteiger partial charge in [-0.25, -0.2) is 0 Å². The maximum Gasteiger partial charge on any atom is 0.252 e. The molecule has 1 atom stereocenters. The first-order valence-electron chi connectivity index (χ1n) is 10.3. The van der Waals surface area contributed by atoms with Crippen LogP contribution in [0, 0.1) is 0 Å². The van der Waals surface area contributed by atoms with Gasteiger partial charge in [0.2, 0.25) is 0 Å². The molecular weight excluding hydrogens is 448 g/mol. The van der Waals surface area contributed by atoms with Crippen LogP contribution in [0.1, 0.15) is 26.8 Å². The van der Waals surface area contributed by atoms with E-state index in [1.54, 1.807) is 23.1 Å². The highest BCUT2D eigenvalue weighted by Crippen LogP contribution is 2.28. The fraction of sp³-hybridized carbons (Fsp3) is 0.292. The molecule has 1 amide bonds. The Morgan fingerprint density at radius 2 is 1.87 bits per heavy atom. The zero-order valence-corrected chi connectivity index (χ0v) is 19.5. The molecule has 0 bridgehead atoms. The summed E-state index contributed by atoms with van der Waals surface area (Å²) in [5.74, 6) is 0.824. The maximum absolute atomic E-state index is 13.1. The molecule has 162 valence electrons. The van der Waals surface area contributed by atoms with Crippen molar-refractivity contribution in [3.63, 3.8) is 0 Å². The number of thiophene rings is 1. The molecule has 2 aromatic carbocycles. The van der Waals surface area contributed by atoms with Gasteiger partial charge in [-0.1, -0.05) is 41.9 Å². The SMILES string of the molecule is O=C(NCC(c1ccc(Cl)cc1)N1CCOCC1)c1ccccc1SCc1cccs1. The number of nitrogens with zero attached hydrogens (tertiary/aromatic N) is 1. The Hall–Kier alpha value is -1.83. The minimum atomic E-state index is -0.0403. The first-order chi connectivity index (χ1) is 15.2. The van der Waals surface area contributed by atoms with Crippen LogP contribution >= 0.6 is 34.7 Å². The summed E-state index contributed by atoms with van der Waals surface area (Å²) in [6.45, 7) is 3.64. The predicted octanol–water partition coefficient (Wildman–Crippen LogP) is 5.50. The van der Waals surface area contributed by atoms with Crippen molar-refractivity contribution in [3.8, 4) is 0 Å². The third kappa shape index (κ3) is 6.11. The third-order valence-electron chi connectivity index (χ3n) is 5.28. The van der Waals surface area contributed by atoms with Crippen LogP contribution in [0.2, 0.25) is 5.02 Å². The molecule has 1 fully saturated rings. The molecule has 4 rings (SSSR count). The van der Waals surface area contributed by atoms with Gasteiger partial charge in [0.1, 0.15) is 0 Å². The molecule has 1 aliphatic rings. The summed E-state index contributed by atoms with van der Waals surface area (Å²) >= 11 is 9.53. The van der Waals surface area contributed by atoms with E-state index in [0.29, 0.717) is 24.8 Å². The van der Waals surface area contributed by atoms with Gasteiger partial charge in [0, 0.05) is 40.2 Å². The molecule has 4 nitrogen and oxygen atoms in total. The highest BCUT2D eigenvalue weighted by atomic mass is 35.5. The lowest BCUT2D eigenvalue weighted by Crippen LogP contribution is -2.43. The Kier molecular flexibility index (Phi) is 8.05. The van der Waals surface area contributed by atoms with Crippen LogP contribution in [0.5, 0.6) is 0 Å². The van der Waals surface area contributed by atoms with Crippen LogP contribution in [0.3, 0.4) is 0 Å². The van der Waals surface area contributed by atoms with E-state index in [-0.39, 0.29) is 11.9 Å². The number of carbonyl (C=O) groups excluding carboxylic acids is 1. The molecule has 7 heteroatoms. The number of nitrogens with one attached hydrogen (secondary N) is 1. The second kappa shape index (κ2) is 11.2. The number of amides is 1. The van der Waals surface area contributed by atoms with Crippen LogP contribution in [0.15, 0.2) is 70.9 Å². The Balaban J connectivity index is 1.45. The van der Waals surface area contributed by atoms with Crippen molar-refractivity contribution in [2.45, 2.75) is 16.7 Å². The second-order valence-corrected chi connectivity index (χ2v) is 9.78. The normalized spacial score (nSPS) is 15.5. The molecule has 1 aliphatic heterocycles. The molecule has 0 spiro atoms. The minimum Gasteiger partial charge on any atom is -0.379 e. The number of carbonyl (C=O) groups is 1. The maximum atomic E-state index is 13.1. The smallest absolute Gasteiger partial charge is 0.252 e. The van der Waals surface area contributed by atoms with Gasteiger partial charge in [-0.05, 0) is 41.3 Å². The topological polar surface area (TPSA) is 41.6 Å². The number of thioether (sulfide) groups is 1. The lowest BCUT2D eigenvalue weighted by Gasteiger charge is -2.35. The predicted molar refractivity (Wildman–Crippen MR) is 129 cm³/mol. The monoisotopic (exact) mass is 472 g/mol. The van der Waals surface area contributed by atoms with E-state index in [1.165, 1.54) is 4.88 Å². The van der Waals surface area contributed by atoms with Crippen LogP contribution in [-0.4, -0.2) is 43.7 Å². The molecule has 31 heavy (non-hydrogen) atoms. The van der Waals surface area contributed by atoms with E-state index in [9.17, 15) is 4.79 Å². The van der Waals surface area contributed by atoms with Gasteiger partial charge in [-0.3, -0.25) is 9.69 Å². The summed E-state index contributed by atoms with van der Waals surface area (Å²) in [5.41, 5.74) is 1.87. The van der Waals surface area contributed by atoms with Crippen LogP contribution in [0.4, 0.5) is 0 Å². The number of ether oxygens (including phenoxy) is 1. The molecule has 1 saturated heterocycles. The van der Waals surface area contributed by atoms with E-state index >= 15 is 0 Å². The lowest BCUT2D eigenvalue weighted by atomic mass is 10.0. The molecule has 1 N–H and O–H groups in total. The molecule has 2 heterocycles. The Morgan fingerprint density at radius 1 is 1.10 bits per heavy atom. The molecule has 1 aromatic heterocycles. The second-order valence-electron chi connectivity index (χ2n) is 7.29. The summed E-state index contributed by atoms with van der Waals surface area (Å²) in [6.07, 6.45) is 0. The van der Waals surface area contributed by atoms with Crippen molar-refractivity contribution in [1.82, 2.24) is 10.2 Å². The van der Waals surface area contributed by atoms with Crippen molar-refractivity contribution in [1.29, 1.82) is 0 Å². The highest BCUT2D eigenvalue weighted by molar-refractivity contribution is 7.98. The number of morpholine rings is 1. The van der Waals surface area contributed by atoms with E-state index in [0.717, 1.165) is 34.9 Å². The summed E-state index contributed by atoms with van der Waals surface area (Å²) in [6, 6.07) is 20.0. The number of halogens is 1. The first-order valence-corrected chi connectivity index (χ1v) is 12.5. The van der Waals surface area contributed by atoms with E-state index in [4.69, 9.17) is 16.3 Å². The fourth-order valence-electron chi connectivity index (χ4n) is 3.64. The van der Waals surface area contributed by atoms with Gasteiger partial charge in [-0.15, -0.1) is 23.1 Å². The summed E-state index contributed by atoms with van der Waals surface area (Å²) < 4.78 is 5.52. The third-order valence-corrected chi connectivity index (χ3v) is 7.71. The quantitative estimate of drug-likeness (QED) is 0.440. The number of hydrogen-bond donors (Lipinski definition) is 1. The zero-order valence-electron chi connectivity index (χ0n) is 17.1. The fourth-order valence-corrected chi connectivity index (χ4v) is 5.59. The van der Waals surface area contributed by atoms with Crippen molar-refractivity contribution in [3.05, 3.63) is 87.1 Å². The molecule has 0 radical (unpaired) electrons. The van der Waals surface area contributed by atoms with Crippen LogP contribution < -0.4 is 5.32 Å². The van der Waals surface area contributed by atoms with Gasteiger partial charge < -0.3 is 10.1 Å². The highest BCUT2D eigenvalue weighted by Gasteiger charge is 2.24. The number of hydrogen-bond acceptors (Lipinski definition) is 5. The Labute approximate surface area is 196 Å². The van der Waals surface area contributed by atoms with E-state index in [2.05, 4.69) is 27.7 Å². The van der Waals surface area contributed by atoms with Crippen molar-refractivity contribution < 1.29 is 9.53 Å². The molecular formula is C24H25ClN2O2S2. The average Bonchev–Trinajstić information content (AvgIpc) is 3.33. The first kappa shape index (κ1) is 22.4. The van der Waals surface area contributed by atoms with Crippen LogP contribution in [0.25, 0.3) is 0 Å². The largest absolute Gasteiger partial charge is 0.379 e. The lowest BCUT2D eigenvalue weighted by molar-refractivity contribution is 0.0162. The van der Waals surface area contributed by atoms with Gasteiger partial charge >= 0.3 is 0 Å². The van der Waals surface area contributed by atoms with Gasteiger partial charge in [-0.2, -0.15) is 0 Å². The van der Waals surface area contributed by atoms with Gasteiger partial charge in [0.05, 0.1) is 24.8 Å². The number of benzene rings is 2. The number of rotatable bonds is 8. The summed E-state index contributed by atoms with van der Waals surface area (Å²) in [7, 11) is 0. The average molecular weight is 473 g/mol. The van der Waals surface area contributed by atoms with E-state index in [1.807, 2.05) is 48.5 Å².